The number of aliphatic carboxylic acids is 1. The molecule has 3 atom stereocenters. The zero-order valence-corrected chi connectivity index (χ0v) is 17.4. The molecule has 11 heteroatoms. The Morgan fingerprint density at radius 3 is 2.65 bits per heavy atom. The second-order valence-corrected chi connectivity index (χ2v) is 8.35. The molecule has 0 bridgehead atoms. The van der Waals surface area contributed by atoms with Crippen LogP contribution in [-0.2, 0) is 9.53 Å². The Hall–Kier alpha value is -2.66. The summed E-state index contributed by atoms with van der Waals surface area (Å²) in [4.78, 5) is 29.8. The van der Waals surface area contributed by atoms with Crippen LogP contribution in [0.5, 0.6) is 5.75 Å². The van der Waals surface area contributed by atoms with Crippen LogP contribution in [0, 0.1) is 6.92 Å². The number of carboxylic acids is 1. The summed E-state index contributed by atoms with van der Waals surface area (Å²) in [6.07, 6.45) is 0.0664. The molecule has 0 unspecified atom stereocenters. The summed E-state index contributed by atoms with van der Waals surface area (Å²) in [5, 5.41) is 7.12. The fourth-order valence-corrected chi connectivity index (χ4v) is 4.35. The van der Waals surface area contributed by atoms with E-state index in [0.717, 1.165) is 35.0 Å². The summed E-state index contributed by atoms with van der Waals surface area (Å²) in [7, 11) is 0. The monoisotopic (exact) mass is 458 g/mol. The van der Waals surface area contributed by atoms with E-state index in [0.29, 0.717) is 6.54 Å². The molecule has 31 heavy (non-hydrogen) atoms. The van der Waals surface area contributed by atoms with Crippen LogP contribution in [0.25, 0.3) is 0 Å². The molecule has 2 aliphatic rings. The number of carbonyl (C=O) groups excluding carboxylic acids is 1. The second kappa shape index (κ2) is 9.65. The van der Waals surface area contributed by atoms with Gasteiger partial charge in [0.25, 0.3) is 5.91 Å². The molecule has 7 nitrogen and oxygen atoms in total. The van der Waals surface area contributed by atoms with E-state index in [2.05, 4.69) is 4.98 Å². The number of aryl methyl sites for hydroxylation is 1. The Balaban J connectivity index is 0.000000339. The van der Waals surface area contributed by atoms with Crippen molar-refractivity contribution in [1.82, 2.24) is 9.88 Å². The van der Waals surface area contributed by atoms with E-state index < -0.39 is 12.1 Å². The van der Waals surface area contributed by atoms with Crippen molar-refractivity contribution >= 4 is 23.2 Å². The van der Waals surface area contributed by atoms with Crippen molar-refractivity contribution in [2.24, 2.45) is 0 Å². The summed E-state index contributed by atoms with van der Waals surface area (Å²) in [5.74, 6) is -1.95. The Bertz CT molecular complexity index is 906. The normalized spacial score (nSPS) is 22.8. The minimum absolute atomic E-state index is 0.0658. The molecule has 0 saturated carbocycles. The number of carbonyl (C=O) groups is 2. The molecule has 4 heterocycles. The Labute approximate surface area is 180 Å². The zero-order valence-electron chi connectivity index (χ0n) is 16.5. The van der Waals surface area contributed by atoms with Gasteiger partial charge in [0.15, 0.2) is 0 Å². The highest BCUT2D eigenvalue weighted by Gasteiger charge is 2.47. The van der Waals surface area contributed by atoms with Crippen LogP contribution in [0.2, 0.25) is 0 Å². The van der Waals surface area contributed by atoms with Gasteiger partial charge in [-0.05, 0) is 44.0 Å². The van der Waals surface area contributed by atoms with Crippen molar-refractivity contribution in [3.05, 3.63) is 46.4 Å². The third-order valence-corrected chi connectivity index (χ3v) is 5.84. The molecule has 2 aromatic rings. The Morgan fingerprint density at radius 1 is 1.32 bits per heavy atom. The molecule has 0 aliphatic carbocycles. The van der Waals surface area contributed by atoms with Gasteiger partial charge in [-0.1, -0.05) is 0 Å². The minimum Gasteiger partial charge on any atom is -0.484 e. The van der Waals surface area contributed by atoms with Gasteiger partial charge in [-0.15, -0.1) is 11.3 Å². The number of aromatic nitrogens is 1. The van der Waals surface area contributed by atoms with Gasteiger partial charge < -0.3 is 19.5 Å². The standard InChI is InChI=1S/C18H20N2O3S.C2HF3O2/c1-12-6-7-16(24-12)18(21)20-11-15(17-14(20)5-3-9-22-17)23-13-4-2-8-19-10-13;3-2(4,5)1(6)7/h2,4,6-8,10,14-15,17H,3,5,9,11H2,1H3;(H,6,7)/t14-,15-,17+;/m1./s1. The van der Waals surface area contributed by atoms with Gasteiger partial charge in [0.2, 0.25) is 0 Å². The number of halogens is 3. The van der Waals surface area contributed by atoms with Crippen molar-refractivity contribution in [2.75, 3.05) is 13.2 Å². The van der Waals surface area contributed by atoms with Gasteiger partial charge in [0, 0.05) is 17.7 Å². The predicted molar refractivity (Wildman–Crippen MR) is 105 cm³/mol. The molecule has 2 aromatic heterocycles. The zero-order chi connectivity index (χ0) is 22.6. The average Bonchev–Trinajstić information content (AvgIpc) is 3.32. The SMILES string of the molecule is Cc1ccc(C(=O)N2C[C@@H](Oc3cccnc3)[C@H]3OCCC[C@H]32)s1.O=C(O)C(F)(F)F. The fourth-order valence-electron chi connectivity index (χ4n) is 3.53. The first-order valence-corrected chi connectivity index (χ1v) is 10.3. The number of amides is 1. The van der Waals surface area contributed by atoms with Crippen molar-refractivity contribution < 1.29 is 37.3 Å². The summed E-state index contributed by atoms with van der Waals surface area (Å²) < 4.78 is 43.8. The maximum atomic E-state index is 12.9. The van der Waals surface area contributed by atoms with Crippen LogP contribution in [0.4, 0.5) is 13.2 Å². The highest BCUT2D eigenvalue weighted by atomic mass is 32.1. The number of carboxylic acid groups (broad SMARTS) is 1. The molecule has 0 spiro atoms. The van der Waals surface area contributed by atoms with Crippen LogP contribution in [0.3, 0.4) is 0 Å². The molecule has 2 fully saturated rings. The number of thiophene rings is 1. The molecular weight excluding hydrogens is 437 g/mol. The van der Waals surface area contributed by atoms with Gasteiger partial charge in [-0.3, -0.25) is 9.78 Å². The van der Waals surface area contributed by atoms with Crippen LogP contribution in [0.1, 0.15) is 27.4 Å². The number of hydrogen-bond donors (Lipinski definition) is 1. The number of pyridine rings is 1. The van der Waals surface area contributed by atoms with Crippen molar-refractivity contribution in [2.45, 2.75) is 44.2 Å². The first-order valence-electron chi connectivity index (χ1n) is 9.52. The molecule has 4 rings (SSSR count). The largest absolute Gasteiger partial charge is 0.490 e. The average molecular weight is 458 g/mol. The predicted octanol–water partition coefficient (Wildman–Crippen LogP) is 3.54. The minimum atomic E-state index is -5.08. The Morgan fingerprint density at radius 2 is 2.06 bits per heavy atom. The van der Waals surface area contributed by atoms with Crippen LogP contribution < -0.4 is 4.74 Å². The van der Waals surface area contributed by atoms with Crippen LogP contribution in [-0.4, -0.2) is 64.4 Å². The molecule has 1 amide bonds. The Kier molecular flexibility index (Phi) is 7.16. The molecule has 2 saturated heterocycles. The van der Waals surface area contributed by atoms with E-state index in [1.54, 1.807) is 23.7 Å². The highest BCUT2D eigenvalue weighted by molar-refractivity contribution is 7.13. The molecule has 1 N–H and O–H groups in total. The highest BCUT2D eigenvalue weighted by Crippen LogP contribution is 2.33. The van der Waals surface area contributed by atoms with E-state index in [1.807, 2.05) is 36.1 Å². The van der Waals surface area contributed by atoms with Gasteiger partial charge in [0.1, 0.15) is 18.0 Å². The first kappa shape index (κ1) is 23.0. The van der Waals surface area contributed by atoms with E-state index >= 15 is 0 Å². The molecule has 2 aliphatic heterocycles. The summed E-state index contributed by atoms with van der Waals surface area (Å²) in [6, 6.07) is 7.73. The quantitative estimate of drug-likeness (QED) is 0.757. The number of nitrogens with zero attached hydrogens (tertiary/aromatic N) is 2. The third-order valence-electron chi connectivity index (χ3n) is 4.85. The topological polar surface area (TPSA) is 89.0 Å². The lowest BCUT2D eigenvalue weighted by molar-refractivity contribution is -0.192. The van der Waals surface area contributed by atoms with E-state index in [1.165, 1.54) is 0 Å². The van der Waals surface area contributed by atoms with Gasteiger partial charge in [-0.25, -0.2) is 4.79 Å². The fraction of sp³-hybridized carbons (Fsp3) is 0.450. The smallest absolute Gasteiger partial charge is 0.484 e. The third kappa shape index (κ3) is 5.73. The second-order valence-electron chi connectivity index (χ2n) is 7.06. The van der Waals surface area contributed by atoms with Crippen molar-refractivity contribution in [3.63, 3.8) is 0 Å². The lowest BCUT2D eigenvalue weighted by Gasteiger charge is -2.31. The summed E-state index contributed by atoms with van der Waals surface area (Å²) in [5.41, 5.74) is 0. The lowest BCUT2D eigenvalue weighted by atomic mass is 10.0. The molecule has 168 valence electrons. The number of ether oxygens (including phenoxy) is 2. The maximum Gasteiger partial charge on any atom is 0.490 e. The van der Waals surface area contributed by atoms with E-state index in [9.17, 15) is 18.0 Å². The van der Waals surface area contributed by atoms with Crippen molar-refractivity contribution in [1.29, 1.82) is 0 Å². The van der Waals surface area contributed by atoms with Crippen molar-refractivity contribution in [3.8, 4) is 5.75 Å². The summed E-state index contributed by atoms with van der Waals surface area (Å²) >= 11 is 1.54. The number of rotatable bonds is 3. The van der Waals surface area contributed by atoms with Crippen LogP contribution >= 0.6 is 11.3 Å². The maximum absolute atomic E-state index is 12.9. The molecular formula is C20H21F3N2O5S. The van der Waals surface area contributed by atoms with Gasteiger partial charge in [-0.2, -0.15) is 13.2 Å². The summed E-state index contributed by atoms with van der Waals surface area (Å²) in [6.45, 7) is 3.31. The van der Waals surface area contributed by atoms with E-state index in [-0.39, 0.29) is 24.2 Å². The number of hydrogen-bond acceptors (Lipinski definition) is 6. The number of likely N-dealkylation sites (tertiary alicyclic amines) is 1. The number of fused-ring (bicyclic) bond motifs is 1. The molecule has 0 radical (unpaired) electrons. The number of alkyl halides is 3. The van der Waals surface area contributed by atoms with Gasteiger partial charge in [0.05, 0.1) is 23.7 Å². The molecule has 0 aromatic carbocycles. The van der Waals surface area contributed by atoms with E-state index in [4.69, 9.17) is 19.4 Å². The first-order chi connectivity index (χ1) is 14.7. The van der Waals surface area contributed by atoms with Crippen LogP contribution in [0.15, 0.2) is 36.7 Å². The van der Waals surface area contributed by atoms with Gasteiger partial charge >= 0.3 is 12.1 Å². The lowest BCUT2D eigenvalue weighted by Crippen LogP contribution is -2.44.